The number of halogens is 1. The van der Waals surface area contributed by atoms with Crippen molar-refractivity contribution < 1.29 is 0 Å². The minimum atomic E-state index is -0.109. The Morgan fingerprint density at radius 3 is 2.50 bits per heavy atom. The SMILES string of the molecule is Cc1ccc(-n2nc(CCl)c(=O)cc2C)cc1C. The minimum Gasteiger partial charge on any atom is -0.288 e. The Morgan fingerprint density at radius 1 is 1.17 bits per heavy atom. The van der Waals surface area contributed by atoms with E-state index in [4.69, 9.17) is 11.6 Å². The van der Waals surface area contributed by atoms with Gasteiger partial charge in [0.1, 0.15) is 5.69 Å². The van der Waals surface area contributed by atoms with Crippen molar-refractivity contribution in [2.75, 3.05) is 0 Å². The van der Waals surface area contributed by atoms with Crippen LogP contribution in [0.1, 0.15) is 22.5 Å². The quantitative estimate of drug-likeness (QED) is 0.780. The van der Waals surface area contributed by atoms with Crippen molar-refractivity contribution in [3.8, 4) is 5.69 Å². The molecule has 0 radical (unpaired) electrons. The molecule has 0 bridgehead atoms. The summed E-state index contributed by atoms with van der Waals surface area (Å²) in [5, 5.41) is 4.30. The molecule has 18 heavy (non-hydrogen) atoms. The molecule has 1 aromatic heterocycles. The topological polar surface area (TPSA) is 34.9 Å². The molecule has 2 rings (SSSR count). The molecule has 0 aliphatic heterocycles. The molecule has 94 valence electrons. The van der Waals surface area contributed by atoms with Crippen LogP contribution >= 0.6 is 11.6 Å². The number of alkyl halides is 1. The second-order valence-corrected chi connectivity index (χ2v) is 4.68. The molecule has 0 amide bonds. The maximum atomic E-state index is 11.6. The van der Waals surface area contributed by atoms with Crippen molar-refractivity contribution in [1.82, 2.24) is 9.78 Å². The van der Waals surface area contributed by atoms with Gasteiger partial charge >= 0.3 is 0 Å². The summed E-state index contributed by atoms with van der Waals surface area (Å²) in [6.07, 6.45) is 0. The van der Waals surface area contributed by atoms with Gasteiger partial charge in [-0.2, -0.15) is 5.10 Å². The zero-order valence-corrected chi connectivity index (χ0v) is 11.5. The minimum absolute atomic E-state index is 0.109. The third-order valence-corrected chi connectivity index (χ3v) is 3.29. The normalized spacial score (nSPS) is 10.7. The van der Waals surface area contributed by atoms with Crippen LogP contribution in [0.2, 0.25) is 0 Å². The molecule has 0 fully saturated rings. The predicted molar refractivity (Wildman–Crippen MR) is 73.6 cm³/mol. The monoisotopic (exact) mass is 262 g/mol. The van der Waals surface area contributed by atoms with Gasteiger partial charge in [-0.25, -0.2) is 4.68 Å². The summed E-state index contributed by atoms with van der Waals surface area (Å²) >= 11 is 5.72. The van der Waals surface area contributed by atoms with Crippen molar-refractivity contribution in [3.63, 3.8) is 0 Å². The van der Waals surface area contributed by atoms with E-state index in [9.17, 15) is 4.79 Å². The molecule has 0 N–H and O–H groups in total. The lowest BCUT2D eigenvalue weighted by molar-refractivity contribution is 0.771. The van der Waals surface area contributed by atoms with Crippen LogP contribution in [0.4, 0.5) is 0 Å². The number of hydrogen-bond acceptors (Lipinski definition) is 2. The van der Waals surface area contributed by atoms with Gasteiger partial charge in [0.05, 0.1) is 11.6 Å². The van der Waals surface area contributed by atoms with Crippen LogP contribution in [0, 0.1) is 20.8 Å². The first-order valence-electron chi connectivity index (χ1n) is 5.76. The van der Waals surface area contributed by atoms with Gasteiger partial charge in [-0.05, 0) is 44.0 Å². The highest BCUT2D eigenvalue weighted by atomic mass is 35.5. The van der Waals surface area contributed by atoms with Crippen molar-refractivity contribution in [2.24, 2.45) is 0 Å². The van der Waals surface area contributed by atoms with Crippen molar-refractivity contribution in [3.05, 3.63) is 57.0 Å². The molecular formula is C14H15ClN2O. The van der Waals surface area contributed by atoms with Crippen molar-refractivity contribution in [2.45, 2.75) is 26.7 Å². The third kappa shape index (κ3) is 2.31. The summed E-state index contributed by atoms with van der Waals surface area (Å²) in [4.78, 5) is 11.6. The zero-order valence-electron chi connectivity index (χ0n) is 10.7. The van der Waals surface area contributed by atoms with E-state index >= 15 is 0 Å². The molecule has 4 heteroatoms. The first-order valence-corrected chi connectivity index (χ1v) is 6.30. The van der Waals surface area contributed by atoms with E-state index in [1.165, 1.54) is 11.1 Å². The Morgan fingerprint density at radius 2 is 1.89 bits per heavy atom. The van der Waals surface area contributed by atoms with Crippen LogP contribution in [0.5, 0.6) is 0 Å². The van der Waals surface area contributed by atoms with Gasteiger partial charge in [-0.15, -0.1) is 11.6 Å². The lowest BCUT2D eigenvalue weighted by atomic mass is 10.1. The molecule has 0 unspecified atom stereocenters. The molecule has 0 spiro atoms. The Kier molecular flexibility index (Phi) is 3.53. The highest BCUT2D eigenvalue weighted by Gasteiger charge is 2.07. The number of aryl methyl sites for hydroxylation is 3. The molecule has 2 aromatic rings. The number of rotatable bonds is 2. The van der Waals surface area contributed by atoms with Crippen molar-refractivity contribution >= 4 is 11.6 Å². The molecule has 0 saturated heterocycles. The smallest absolute Gasteiger partial charge is 0.204 e. The molecule has 3 nitrogen and oxygen atoms in total. The van der Waals surface area contributed by atoms with Gasteiger partial charge in [0.25, 0.3) is 0 Å². The Labute approximate surface area is 111 Å². The third-order valence-electron chi connectivity index (χ3n) is 3.04. The van der Waals surface area contributed by atoms with Gasteiger partial charge in [-0.1, -0.05) is 6.07 Å². The summed E-state index contributed by atoms with van der Waals surface area (Å²) in [5.41, 5.74) is 4.44. The molecule has 0 aliphatic carbocycles. The van der Waals surface area contributed by atoms with E-state index in [2.05, 4.69) is 25.0 Å². The Bertz CT molecular complexity index is 647. The van der Waals surface area contributed by atoms with E-state index < -0.39 is 0 Å². The van der Waals surface area contributed by atoms with Gasteiger partial charge in [0, 0.05) is 11.8 Å². The van der Waals surface area contributed by atoms with Gasteiger partial charge in [0.15, 0.2) is 0 Å². The maximum absolute atomic E-state index is 11.6. The van der Waals surface area contributed by atoms with Crippen LogP contribution in [0.15, 0.2) is 29.1 Å². The number of hydrogen-bond donors (Lipinski definition) is 0. The lowest BCUT2D eigenvalue weighted by Crippen LogP contribution is -2.17. The summed E-state index contributed by atoms with van der Waals surface area (Å²) in [7, 11) is 0. The van der Waals surface area contributed by atoms with E-state index in [1.807, 2.05) is 19.1 Å². The van der Waals surface area contributed by atoms with E-state index in [1.54, 1.807) is 10.7 Å². The zero-order chi connectivity index (χ0) is 13.3. The van der Waals surface area contributed by atoms with Crippen LogP contribution in [0.25, 0.3) is 5.69 Å². The molecule has 0 aliphatic rings. The fraction of sp³-hybridized carbons (Fsp3) is 0.286. The van der Waals surface area contributed by atoms with Crippen molar-refractivity contribution in [1.29, 1.82) is 0 Å². The van der Waals surface area contributed by atoms with Crippen LogP contribution in [-0.4, -0.2) is 9.78 Å². The van der Waals surface area contributed by atoms with E-state index in [0.29, 0.717) is 5.69 Å². The molecule has 0 atom stereocenters. The number of benzene rings is 1. The number of nitrogens with zero attached hydrogens (tertiary/aromatic N) is 2. The first kappa shape index (κ1) is 12.8. The molecular weight excluding hydrogens is 248 g/mol. The van der Waals surface area contributed by atoms with E-state index in [0.717, 1.165) is 11.4 Å². The van der Waals surface area contributed by atoms with Crippen LogP contribution in [0.3, 0.4) is 0 Å². The summed E-state index contributed by atoms with van der Waals surface area (Å²) in [6, 6.07) is 7.66. The Hall–Kier alpha value is -1.61. The number of aromatic nitrogens is 2. The van der Waals surface area contributed by atoms with Crippen LogP contribution in [-0.2, 0) is 5.88 Å². The second kappa shape index (κ2) is 4.94. The summed E-state index contributed by atoms with van der Waals surface area (Å²) in [5.74, 6) is 0.129. The molecule has 1 aromatic carbocycles. The molecule has 1 heterocycles. The Balaban J connectivity index is 2.63. The highest BCUT2D eigenvalue weighted by molar-refractivity contribution is 6.16. The average molecular weight is 263 g/mol. The standard InChI is InChI=1S/C14H15ClN2O/c1-9-4-5-12(6-10(9)2)17-11(3)7-14(18)13(8-15)16-17/h4-7H,8H2,1-3H3. The average Bonchev–Trinajstić information content (AvgIpc) is 2.33. The summed E-state index contributed by atoms with van der Waals surface area (Å²) in [6.45, 7) is 5.98. The summed E-state index contributed by atoms with van der Waals surface area (Å²) < 4.78 is 1.76. The highest BCUT2D eigenvalue weighted by Crippen LogP contribution is 2.14. The van der Waals surface area contributed by atoms with Gasteiger partial charge in [-0.3, -0.25) is 4.79 Å². The second-order valence-electron chi connectivity index (χ2n) is 4.41. The molecule has 0 saturated carbocycles. The largest absolute Gasteiger partial charge is 0.288 e. The predicted octanol–water partition coefficient (Wildman–Crippen LogP) is 2.90. The fourth-order valence-corrected chi connectivity index (χ4v) is 1.98. The maximum Gasteiger partial charge on any atom is 0.204 e. The lowest BCUT2D eigenvalue weighted by Gasteiger charge is -2.12. The first-order chi connectivity index (χ1) is 8.52. The van der Waals surface area contributed by atoms with Gasteiger partial charge < -0.3 is 0 Å². The van der Waals surface area contributed by atoms with Crippen LogP contribution < -0.4 is 5.43 Å². The van der Waals surface area contributed by atoms with Gasteiger partial charge in [0.2, 0.25) is 5.43 Å². The fourth-order valence-electron chi connectivity index (χ4n) is 1.79. The van der Waals surface area contributed by atoms with E-state index in [-0.39, 0.29) is 11.3 Å².